The fourth-order valence-electron chi connectivity index (χ4n) is 1.22. The number of rotatable bonds is 7. The summed E-state index contributed by atoms with van der Waals surface area (Å²) in [5.74, 6) is 0. The number of hydrogen-bond acceptors (Lipinski definition) is 2. The van der Waals surface area contributed by atoms with Gasteiger partial charge in [0.15, 0.2) is 0 Å². The lowest BCUT2D eigenvalue weighted by Crippen LogP contribution is -2.25. The average Bonchev–Trinajstić information content (AvgIpc) is 2.11. The fourth-order valence-corrected chi connectivity index (χ4v) is 1.22. The second-order valence-corrected chi connectivity index (χ2v) is 3.05. The van der Waals surface area contributed by atoms with Gasteiger partial charge in [0.05, 0.1) is 6.07 Å². The minimum absolute atomic E-state index is 0.667. The normalized spacial score (nSPS) is 10.2. The van der Waals surface area contributed by atoms with Crippen molar-refractivity contribution >= 4 is 0 Å². The molecule has 12 heavy (non-hydrogen) atoms. The van der Waals surface area contributed by atoms with E-state index in [1.165, 1.54) is 19.3 Å². The fraction of sp³-hybridized carbons (Fsp3) is 0.900. The molecule has 0 aromatic carbocycles. The molecule has 0 saturated carbocycles. The van der Waals surface area contributed by atoms with Crippen molar-refractivity contribution in [2.75, 3.05) is 19.6 Å². The van der Waals surface area contributed by atoms with Crippen LogP contribution in [0.3, 0.4) is 0 Å². The van der Waals surface area contributed by atoms with Crippen LogP contribution in [-0.2, 0) is 0 Å². The van der Waals surface area contributed by atoms with E-state index in [1.54, 1.807) is 0 Å². The van der Waals surface area contributed by atoms with Crippen LogP contribution in [0.5, 0.6) is 0 Å². The predicted octanol–water partition coefficient (Wildman–Crippen LogP) is 2.41. The van der Waals surface area contributed by atoms with E-state index in [4.69, 9.17) is 5.26 Å². The molecule has 0 heterocycles. The number of nitrogens with zero attached hydrogens (tertiary/aromatic N) is 2. The zero-order chi connectivity index (χ0) is 9.23. The Morgan fingerprint density at radius 2 is 1.92 bits per heavy atom. The summed E-state index contributed by atoms with van der Waals surface area (Å²) in [5, 5.41) is 8.41. The summed E-state index contributed by atoms with van der Waals surface area (Å²) in [4.78, 5) is 2.35. The highest BCUT2D eigenvalue weighted by atomic mass is 15.1. The molecule has 0 bridgehead atoms. The van der Waals surface area contributed by atoms with E-state index in [0.717, 1.165) is 19.6 Å². The molecule has 0 aromatic heterocycles. The van der Waals surface area contributed by atoms with Gasteiger partial charge < -0.3 is 4.90 Å². The van der Waals surface area contributed by atoms with E-state index in [-0.39, 0.29) is 0 Å². The van der Waals surface area contributed by atoms with Crippen LogP contribution in [0.1, 0.15) is 39.5 Å². The van der Waals surface area contributed by atoms with Gasteiger partial charge in [-0.1, -0.05) is 26.7 Å². The first-order valence-electron chi connectivity index (χ1n) is 4.94. The Morgan fingerprint density at radius 3 is 2.42 bits per heavy atom. The molecule has 0 atom stereocenters. The van der Waals surface area contributed by atoms with Gasteiger partial charge in [0, 0.05) is 13.0 Å². The first-order valence-corrected chi connectivity index (χ1v) is 4.94. The molecule has 0 aliphatic heterocycles. The van der Waals surface area contributed by atoms with Gasteiger partial charge in [0.25, 0.3) is 0 Å². The summed E-state index contributed by atoms with van der Waals surface area (Å²) in [7, 11) is 0. The van der Waals surface area contributed by atoms with E-state index in [0.29, 0.717) is 6.42 Å². The van der Waals surface area contributed by atoms with Crippen molar-refractivity contribution in [3.8, 4) is 6.07 Å². The number of nitriles is 1. The highest BCUT2D eigenvalue weighted by Gasteiger charge is 1.99. The zero-order valence-corrected chi connectivity index (χ0v) is 8.34. The minimum atomic E-state index is 0.667. The molecule has 0 rings (SSSR count). The van der Waals surface area contributed by atoms with Crippen molar-refractivity contribution in [1.82, 2.24) is 4.90 Å². The van der Waals surface area contributed by atoms with E-state index < -0.39 is 0 Å². The summed E-state index contributed by atoms with van der Waals surface area (Å²) in [6.07, 6.45) is 4.52. The van der Waals surface area contributed by atoms with Gasteiger partial charge in [-0.2, -0.15) is 5.26 Å². The van der Waals surface area contributed by atoms with Gasteiger partial charge in [-0.3, -0.25) is 0 Å². The third-order valence-electron chi connectivity index (χ3n) is 2.06. The van der Waals surface area contributed by atoms with Crippen molar-refractivity contribution in [3.63, 3.8) is 0 Å². The Labute approximate surface area is 76.2 Å². The number of unbranched alkanes of at least 4 members (excludes halogenated alkanes) is 2. The van der Waals surface area contributed by atoms with Crippen molar-refractivity contribution in [3.05, 3.63) is 0 Å². The molecule has 0 fully saturated rings. The average molecular weight is 168 g/mol. The van der Waals surface area contributed by atoms with Crippen LogP contribution in [0.2, 0.25) is 0 Å². The monoisotopic (exact) mass is 168 g/mol. The van der Waals surface area contributed by atoms with Gasteiger partial charge in [-0.05, 0) is 19.5 Å². The van der Waals surface area contributed by atoms with Gasteiger partial charge in [-0.15, -0.1) is 0 Å². The van der Waals surface area contributed by atoms with Crippen LogP contribution >= 0.6 is 0 Å². The van der Waals surface area contributed by atoms with Gasteiger partial charge in [0.2, 0.25) is 0 Å². The lowest BCUT2D eigenvalue weighted by atomic mass is 10.2. The molecule has 0 spiro atoms. The molecule has 70 valence electrons. The Balaban J connectivity index is 3.34. The maximum Gasteiger partial charge on any atom is 0.0635 e. The standard InChI is InChI=1S/C10H20N2/c1-3-5-6-9-12(4-2)10-7-8-11/h3-7,9-10H2,1-2H3. The maximum absolute atomic E-state index is 8.41. The molecule has 0 aliphatic rings. The summed E-state index contributed by atoms with van der Waals surface area (Å²) >= 11 is 0. The highest BCUT2D eigenvalue weighted by molar-refractivity contribution is 4.71. The first kappa shape index (κ1) is 11.4. The van der Waals surface area contributed by atoms with Crippen molar-refractivity contribution in [2.24, 2.45) is 0 Å². The largest absolute Gasteiger partial charge is 0.303 e. The van der Waals surface area contributed by atoms with Crippen molar-refractivity contribution in [2.45, 2.75) is 39.5 Å². The smallest absolute Gasteiger partial charge is 0.0635 e. The Bertz CT molecular complexity index is 126. The summed E-state index contributed by atoms with van der Waals surface area (Å²) in [6, 6.07) is 2.18. The zero-order valence-electron chi connectivity index (χ0n) is 8.34. The van der Waals surface area contributed by atoms with E-state index in [9.17, 15) is 0 Å². The predicted molar refractivity (Wildman–Crippen MR) is 51.9 cm³/mol. The van der Waals surface area contributed by atoms with Crippen LogP contribution in [-0.4, -0.2) is 24.5 Å². The number of hydrogen-bond donors (Lipinski definition) is 0. The molecule has 0 radical (unpaired) electrons. The van der Waals surface area contributed by atoms with Gasteiger partial charge in [-0.25, -0.2) is 0 Å². The molecule has 2 heteroatoms. The van der Waals surface area contributed by atoms with Crippen LogP contribution in [0.25, 0.3) is 0 Å². The summed E-state index contributed by atoms with van der Waals surface area (Å²) in [5.41, 5.74) is 0. The molecule has 0 N–H and O–H groups in total. The Kier molecular flexibility index (Phi) is 8.15. The minimum Gasteiger partial charge on any atom is -0.303 e. The van der Waals surface area contributed by atoms with E-state index >= 15 is 0 Å². The van der Waals surface area contributed by atoms with Crippen LogP contribution in [0.15, 0.2) is 0 Å². The maximum atomic E-state index is 8.41. The first-order chi connectivity index (χ1) is 5.85. The third kappa shape index (κ3) is 6.18. The molecule has 2 nitrogen and oxygen atoms in total. The van der Waals surface area contributed by atoms with E-state index in [2.05, 4.69) is 24.8 Å². The molecular weight excluding hydrogens is 148 g/mol. The third-order valence-corrected chi connectivity index (χ3v) is 2.06. The lowest BCUT2D eigenvalue weighted by molar-refractivity contribution is 0.288. The molecular formula is C10H20N2. The quantitative estimate of drug-likeness (QED) is 0.546. The van der Waals surface area contributed by atoms with Gasteiger partial charge >= 0.3 is 0 Å². The van der Waals surface area contributed by atoms with E-state index in [1.807, 2.05) is 0 Å². The second-order valence-electron chi connectivity index (χ2n) is 3.05. The molecule has 0 amide bonds. The summed E-state index contributed by atoms with van der Waals surface area (Å²) in [6.45, 7) is 7.54. The highest BCUT2D eigenvalue weighted by Crippen LogP contribution is 1.98. The SMILES string of the molecule is CCCCCN(CC)CCC#N. The van der Waals surface area contributed by atoms with Gasteiger partial charge in [0.1, 0.15) is 0 Å². The Morgan fingerprint density at radius 1 is 1.17 bits per heavy atom. The van der Waals surface area contributed by atoms with Crippen LogP contribution < -0.4 is 0 Å². The lowest BCUT2D eigenvalue weighted by Gasteiger charge is -2.18. The second kappa shape index (κ2) is 8.55. The molecule has 0 unspecified atom stereocenters. The Hall–Kier alpha value is -0.550. The van der Waals surface area contributed by atoms with Crippen LogP contribution in [0.4, 0.5) is 0 Å². The van der Waals surface area contributed by atoms with Crippen molar-refractivity contribution < 1.29 is 0 Å². The molecule has 0 aromatic rings. The van der Waals surface area contributed by atoms with Crippen LogP contribution in [0, 0.1) is 11.3 Å². The topological polar surface area (TPSA) is 27.0 Å². The summed E-state index contributed by atoms with van der Waals surface area (Å²) < 4.78 is 0. The van der Waals surface area contributed by atoms with Crippen molar-refractivity contribution in [1.29, 1.82) is 5.26 Å². The molecule has 0 saturated heterocycles. The molecule has 0 aliphatic carbocycles.